The monoisotopic (exact) mass is 117 g/mol. The van der Waals surface area contributed by atoms with Gasteiger partial charge in [0.25, 0.3) is 0 Å². The van der Waals surface area contributed by atoms with Crippen molar-refractivity contribution in [3.05, 3.63) is 29.6 Å². The SMILES string of the molecule is Cc1[c]cc(C#N)cn1. The first-order valence-electron chi connectivity index (χ1n) is 2.57. The van der Waals surface area contributed by atoms with Gasteiger partial charge >= 0.3 is 0 Å². The number of nitrogens with zero attached hydrogens (tertiary/aromatic N) is 2. The summed E-state index contributed by atoms with van der Waals surface area (Å²) in [6.07, 6.45) is 1.53. The average Bonchev–Trinajstić information content (AvgIpc) is 1.90. The van der Waals surface area contributed by atoms with Gasteiger partial charge in [0.15, 0.2) is 0 Å². The number of hydrogen-bond donors (Lipinski definition) is 0. The lowest BCUT2D eigenvalue weighted by Gasteiger charge is -1.86. The van der Waals surface area contributed by atoms with E-state index >= 15 is 0 Å². The van der Waals surface area contributed by atoms with Gasteiger partial charge in [-0.3, -0.25) is 4.98 Å². The van der Waals surface area contributed by atoms with Crippen LogP contribution in [0.25, 0.3) is 0 Å². The number of nitriles is 1. The van der Waals surface area contributed by atoms with E-state index in [0.717, 1.165) is 5.69 Å². The molecule has 1 aromatic heterocycles. The van der Waals surface area contributed by atoms with Crippen LogP contribution < -0.4 is 0 Å². The summed E-state index contributed by atoms with van der Waals surface area (Å²) in [5.41, 5.74) is 1.37. The molecule has 1 aromatic rings. The minimum atomic E-state index is 0.556. The summed E-state index contributed by atoms with van der Waals surface area (Å²) < 4.78 is 0. The zero-order valence-electron chi connectivity index (χ0n) is 5.05. The molecule has 1 rings (SSSR count). The van der Waals surface area contributed by atoms with E-state index in [2.05, 4.69) is 11.1 Å². The molecule has 2 heteroatoms. The molecule has 1 heterocycles. The first-order chi connectivity index (χ1) is 4.33. The Labute approximate surface area is 53.8 Å². The third-order valence-corrected chi connectivity index (χ3v) is 0.963. The maximum atomic E-state index is 8.32. The minimum absolute atomic E-state index is 0.556. The highest BCUT2D eigenvalue weighted by atomic mass is 14.7. The van der Waals surface area contributed by atoms with Crippen molar-refractivity contribution >= 4 is 0 Å². The average molecular weight is 117 g/mol. The minimum Gasteiger partial charge on any atom is -0.260 e. The van der Waals surface area contributed by atoms with Gasteiger partial charge in [0.2, 0.25) is 0 Å². The Morgan fingerprint density at radius 3 is 3.00 bits per heavy atom. The van der Waals surface area contributed by atoms with Crippen LogP contribution in [0.15, 0.2) is 12.3 Å². The van der Waals surface area contributed by atoms with Crippen LogP contribution in [0.2, 0.25) is 0 Å². The Hall–Kier alpha value is -1.36. The molecule has 43 valence electrons. The van der Waals surface area contributed by atoms with E-state index in [-0.39, 0.29) is 0 Å². The van der Waals surface area contributed by atoms with Crippen LogP contribution in [0.3, 0.4) is 0 Å². The molecule has 0 N–H and O–H groups in total. The van der Waals surface area contributed by atoms with E-state index in [4.69, 9.17) is 5.26 Å². The lowest BCUT2D eigenvalue weighted by atomic mass is 10.3. The van der Waals surface area contributed by atoms with Crippen molar-refractivity contribution in [3.8, 4) is 6.07 Å². The van der Waals surface area contributed by atoms with Crippen LogP contribution in [-0.2, 0) is 0 Å². The van der Waals surface area contributed by atoms with E-state index in [1.165, 1.54) is 6.20 Å². The summed E-state index contributed by atoms with van der Waals surface area (Å²) in [6.45, 7) is 1.83. The normalized spacial score (nSPS) is 8.44. The number of pyridine rings is 1. The molecule has 0 bridgehead atoms. The number of aryl methyl sites for hydroxylation is 1. The molecule has 0 aliphatic heterocycles. The van der Waals surface area contributed by atoms with Gasteiger partial charge in [-0.2, -0.15) is 5.26 Å². The summed E-state index contributed by atoms with van der Waals surface area (Å²) >= 11 is 0. The zero-order chi connectivity index (χ0) is 6.69. The molecule has 0 spiro atoms. The van der Waals surface area contributed by atoms with Crippen LogP contribution in [0, 0.1) is 24.3 Å². The van der Waals surface area contributed by atoms with Crippen LogP contribution in [0.4, 0.5) is 0 Å². The van der Waals surface area contributed by atoms with Crippen molar-refractivity contribution in [2.45, 2.75) is 6.92 Å². The second-order valence-electron chi connectivity index (χ2n) is 1.70. The first-order valence-corrected chi connectivity index (χ1v) is 2.57. The first kappa shape index (κ1) is 5.77. The van der Waals surface area contributed by atoms with Gasteiger partial charge in [0.05, 0.1) is 5.56 Å². The number of hydrogen-bond acceptors (Lipinski definition) is 2. The summed E-state index contributed by atoms with van der Waals surface area (Å²) in [5.74, 6) is 0. The van der Waals surface area contributed by atoms with E-state index in [1.54, 1.807) is 6.07 Å². The van der Waals surface area contributed by atoms with Crippen molar-refractivity contribution < 1.29 is 0 Å². The maximum Gasteiger partial charge on any atom is 0.101 e. The van der Waals surface area contributed by atoms with Gasteiger partial charge in [0, 0.05) is 18.0 Å². The maximum absolute atomic E-state index is 8.32. The second-order valence-corrected chi connectivity index (χ2v) is 1.70. The summed E-state index contributed by atoms with van der Waals surface area (Å²) in [4.78, 5) is 3.87. The number of rotatable bonds is 0. The molecule has 0 aliphatic carbocycles. The summed E-state index contributed by atoms with van der Waals surface area (Å²) in [6, 6.07) is 6.40. The summed E-state index contributed by atoms with van der Waals surface area (Å²) in [5, 5.41) is 8.32. The molecule has 0 saturated heterocycles. The van der Waals surface area contributed by atoms with E-state index in [9.17, 15) is 0 Å². The molecule has 1 radical (unpaired) electrons. The van der Waals surface area contributed by atoms with Crippen molar-refractivity contribution in [3.63, 3.8) is 0 Å². The Balaban J connectivity index is 3.06. The standard InChI is InChI=1S/C7H5N2/c1-6-2-3-7(4-8)5-9-6/h3,5H,1H3. The third kappa shape index (κ3) is 1.26. The predicted molar refractivity (Wildman–Crippen MR) is 32.5 cm³/mol. The van der Waals surface area contributed by atoms with Gasteiger partial charge in [-0.15, -0.1) is 0 Å². The highest BCUT2D eigenvalue weighted by Crippen LogP contribution is 1.94. The van der Waals surface area contributed by atoms with Gasteiger partial charge < -0.3 is 0 Å². The quantitative estimate of drug-likeness (QED) is 0.509. The highest BCUT2D eigenvalue weighted by molar-refractivity contribution is 5.24. The topological polar surface area (TPSA) is 36.7 Å². The van der Waals surface area contributed by atoms with E-state index in [0.29, 0.717) is 5.56 Å². The predicted octanol–water partition coefficient (Wildman–Crippen LogP) is 1.06. The molecule has 0 saturated carbocycles. The zero-order valence-corrected chi connectivity index (χ0v) is 5.05. The molecule has 9 heavy (non-hydrogen) atoms. The Morgan fingerprint density at radius 2 is 2.56 bits per heavy atom. The van der Waals surface area contributed by atoms with E-state index in [1.807, 2.05) is 13.0 Å². The molecular formula is C7H5N2. The molecular weight excluding hydrogens is 112 g/mol. The van der Waals surface area contributed by atoms with Crippen molar-refractivity contribution in [1.82, 2.24) is 4.98 Å². The smallest absolute Gasteiger partial charge is 0.101 e. The Morgan fingerprint density at radius 1 is 1.78 bits per heavy atom. The lowest BCUT2D eigenvalue weighted by molar-refractivity contribution is 1.18. The fourth-order valence-electron chi connectivity index (χ4n) is 0.484. The van der Waals surface area contributed by atoms with Gasteiger partial charge in [0.1, 0.15) is 6.07 Å². The lowest BCUT2D eigenvalue weighted by Crippen LogP contribution is -1.80. The molecule has 0 fully saturated rings. The van der Waals surface area contributed by atoms with Crippen LogP contribution >= 0.6 is 0 Å². The molecule has 0 unspecified atom stereocenters. The van der Waals surface area contributed by atoms with Crippen LogP contribution in [0.1, 0.15) is 11.3 Å². The fourth-order valence-corrected chi connectivity index (χ4v) is 0.484. The van der Waals surface area contributed by atoms with Crippen LogP contribution in [-0.4, -0.2) is 4.98 Å². The van der Waals surface area contributed by atoms with Crippen molar-refractivity contribution in [1.29, 1.82) is 5.26 Å². The fraction of sp³-hybridized carbons (Fsp3) is 0.143. The number of aromatic nitrogens is 1. The summed E-state index contributed by atoms with van der Waals surface area (Å²) in [7, 11) is 0. The second kappa shape index (κ2) is 2.27. The molecule has 0 amide bonds. The molecule has 2 nitrogen and oxygen atoms in total. The van der Waals surface area contributed by atoms with E-state index < -0.39 is 0 Å². The largest absolute Gasteiger partial charge is 0.260 e. The van der Waals surface area contributed by atoms with Crippen LogP contribution in [0.5, 0.6) is 0 Å². The Bertz CT molecular complexity index is 230. The van der Waals surface area contributed by atoms with Gasteiger partial charge in [-0.25, -0.2) is 0 Å². The molecule has 0 aliphatic rings. The Kier molecular flexibility index (Phi) is 1.46. The van der Waals surface area contributed by atoms with Crippen molar-refractivity contribution in [2.24, 2.45) is 0 Å². The van der Waals surface area contributed by atoms with Gasteiger partial charge in [-0.1, -0.05) is 0 Å². The van der Waals surface area contributed by atoms with Gasteiger partial charge in [-0.05, 0) is 13.0 Å². The molecule has 0 atom stereocenters. The van der Waals surface area contributed by atoms with Crippen molar-refractivity contribution in [2.75, 3.05) is 0 Å². The molecule has 0 aromatic carbocycles. The highest BCUT2D eigenvalue weighted by Gasteiger charge is 1.87. The third-order valence-electron chi connectivity index (χ3n) is 0.963.